The van der Waals surface area contributed by atoms with Crippen LogP contribution in [-0.4, -0.2) is 38.3 Å². The van der Waals surface area contributed by atoms with Crippen molar-refractivity contribution in [2.75, 3.05) is 18.8 Å². The number of nitrogens with zero attached hydrogens (tertiary/aromatic N) is 1. The number of thiazole rings is 1. The number of aryl methyl sites for hydroxylation is 1. The fourth-order valence-corrected chi connectivity index (χ4v) is 3.31. The molecule has 0 radical (unpaired) electrons. The highest BCUT2D eigenvalue weighted by Crippen LogP contribution is 2.07. The Morgan fingerprint density at radius 1 is 1.37 bits per heavy atom. The molecule has 0 saturated heterocycles. The molecular formula is C12H23N3O2S2. The lowest BCUT2D eigenvalue weighted by atomic mass is 10.3. The van der Waals surface area contributed by atoms with E-state index in [0.29, 0.717) is 25.4 Å². The fraction of sp³-hybridized carbons (Fsp3) is 0.750. The first kappa shape index (κ1) is 16.6. The van der Waals surface area contributed by atoms with Crippen LogP contribution in [0.1, 0.15) is 31.0 Å². The first-order chi connectivity index (χ1) is 8.89. The van der Waals surface area contributed by atoms with E-state index in [9.17, 15) is 8.42 Å². The van der Waals surface area contributed by atoms with Gasteiger partial charge in [-0.05, 0) is 19.9 Å². The number of rotatable bonds is 9. The van der Waals surface area contributed by atoms with Crippen molar-refractivity contribution in [3.05, 3.63) is 16.1 Å². The summed E-state index contributed by atoms with van der Waals surface area (Å²) >= 11 is 1.59. The van der Waals surface area contributed by atoms with Crippen molar-refractivity contribution in [2.24, 2.45) is 0 Å². The van der Waals surface area contributed by atoms with Crippen molar-refractivity contribution in [3.8, 4) is 0 Å². The molecule has 0 unspecified atom stereocenters. The molecule has 2 N–H and O–H groups in total. The van der Waals surface area contributed by atoms with Crippen LogP contribution in [0.5, 0.6) is 0 Å². The third kappa shape index (κ3) is 7.61. The summed E-state index contributed by atoms with van der Waals surface area (Å²) in [6, 6.07) is 0.392. The lowest BCUT2D eigenvalue weighted by Gasteiger charge is -2.08. The molecule has 1 aromatic rings. The SMILES string of the molecule is Cc1nc(CCNS(=O)(=O)CCCNC(C)C)cs1. The maximum Gasteiger partial charge on any atom is 0.211 e. The van der Waals surface area contributed by atoms with Gasteiger partial charge in [-0.1, -0.05) is 13.8 Å². The van der Waals surface area contributed by atoms with Gasteiger partial charge in [0.05, 0.1) is 16.5 Å². The Morgan fingerprint density at radius 3 is 2.68 bits per heavy atom. The standard InChI is InChI=1S/C12H23N3O2S2/c1-10(2)13-6-4-8-19(16,17)14-7-5-12-9-18-11(3)15-12/h9-10,13-14H,4-8H2,1-3H3. The Balaban J connectivity index is 2.19. The van der Waals surface area contributed by atoms with E-state index in [-0.39, 0.29) is 5.75 Å². The lowest BCUT2D eigenvalue weighted by molar-refractivity contribution is 0.561. The molecule has 0 fully saturated rings. The van der Waals surface area contributed by atoms with Crippen molar-refractivity contribution < 1.29 is 8.42 Å². The Morgan fingerprint density at radius 2 is 2.11 bits per heavy atom. The summed E-state index contributed by atoms with van der Waals surface area (Å²) in [6.07, 6.45) is 1.27. The molecule has 19 heavy (non-hydrogen) atoms. The first-order valence-corrected chi connectivity index (χ1v) is 9.04. The molecule has 1 aromatic heterocycles. The largest absolute Gasteiger partial charge is 0.314 e. The topological polar surface area (TPSA) is 71.1 Å². The van der Waals surface area contributed by atoms with Crippen LogP contribution >= 0.6 is 11.3 Å². The minimum atomic E-state index is -3.16. The highest BCUT2D eigenvalue weighted by atomic mass is 32.2. The monoisotopic (exact) mass is 305 g/mol. The molecule has 0 saturated carbocycles. The average Bonchev–Trinajstić information content (AvgIpc) is 2.70. The van der Waals surface area contributed by atoms with Crippen molar-refractivity contribution >= 4 is 21.4 Å². The van der Waals surface area contributed by atoms with Crippen LogP contribution in [-0.2, 0) is 16.4 Å². The summed E-state index contributed by atoms with van der Waals surface area (Å²) in [5, 5.41) is 6.18. The number of sulfonamides is 1. The van der Waals surface area contributed by atoms with E-state index in [0.717, 1.165) is 17.2 Å². The minimum Gasteiger partial charge on any atom is -0.314 e. The van der Waals surface area contributed by atoms with E-state index >= 15 is 0 Å². The van der Waals surface area contributed by atoms with Gasteiger partial charge in [-0.25, -0.2) is 18.1 Å². The number of hydrogen-bond acceptors (Lipinski definition) is 5. The van der Waals surface area contributed by atoms with Gasteiger partial charge in [0.25, 0.3) is 0 Å². The third-order valence-corrected chi connectivity index (χ3v) is 4.80. The average molecular weight is 305 g/mol. The van der Waals surface area contributed by atoms with Gasteiger partial charge in [-0.3, -0.25) is 0 Å². The Labute approximate surface area is 119 Å². The molecule has 0 bridgehead atoms. The van der Waals surface area contributed by atoms with Crippen LogP contribution in [0, 0.1) is 6.92 Å². The second-order valence-corrected chi connectivity index (χ2v) is 7.77. The Bertz CT molecular complexity index is 469. The quantitative estimate of drug-likeness (QED) is 0.675. The molecule has 0 aliphatic heterocycles. The van der Waals surface area contributed by atoms with Crippen molar-refractivity contribution in [1.29, 1.82) is 0 Å². The maximum atomic E-state index is 11.7. The molecule has 110 valence electrons. The number of aromatic nitrogens is 1. The third-order valence-electron chi connectivity index (χ3n) is 2.51. The summed E-state index contributed by atoms with van der Waals surface area (Å²) in [7, 11) is -3.16. The second kappa shape index (κ2) is 7.94. The Kier molecular flexibility index (Phi) is 6.92. The van der Waals surface area contributed by atoms with Gasteiger partial charge >= 0.3 is 0 Å². The van der Waals surface area contributed by atoms with E-state index in [1.54, 1.807) is 11.3 Å². The zero-order valence-electron chi connectivity index (χ0n) is 11.8. The molecule has 1 rings (SSSR count). The van der Waals surface area contributed by atoms with Gasteiger partial charge in [0, 0.05) is 24.4 Å². The summed E-state index contributed by atoms with van der Waals surface area (Å²) < 4.78 is 26.0. The molecule has 7 heteroatoms. The molecule has 5 nitrogen and oxygen atoms in total. The van der Waals surface area contributed by atoms with Crippen molar-refractivity contribution in [2.45, 2.75) is 39.7 Å². The van der Waals surface area contributed by atoms with Gasteiger partial charge in [0.2, 0.25) is 10.0 Å². The zero-order chi connectivity index (χ0) is 14.3. The van der Waals surface area contributed by atoms with E-state index in [4.69, 9.17) is 0 Å². The number of nitrogens with one attached hydrogen (secondary N) is 2. The van der Waals surface area contributed by atoms with E-state index in [1.807, 2.05) is 26.2 Å². The second-order valence-electron chi connectivity index (χ2n) is 4.78. The van der Waals surface area contributed by atoms with E-state index in [2.05, 4.69) is 15.0 Å². The van der Waals surface area contributed by atoms with Crippen LogP contribution in [0.4, 0.5) is 0 Å². The zero-order valence-corrected chi connectivity index (χ0v) is 13.4. The summed E-state index contributed by atoms with van der Waals surface area (Å²) in [4.78, 5) is 4.30. The predicted octanol–water partition coefficient (Wildman–Crippen LogP) is 1.30. The highest BCUT2D eigenvalue weighted by Gasteiger charge is 2.09. The van der Waals surface area contributed by atoms with Crippen LogP contribution in [0.25, 0.3) is 0 Å². The Hall–Kier alpha value is -0.500. The van der Waals surface area contributed by atoms with Crippen LogP contribution in [0.2, 0.25) is 0 Å². The minimum absolute atomic E-state index is 0.169. The van der Waals surface area contributed by atoms with Gasteiger partial charge in [-0.15, -0.1) is 11.3 Å². The fourth-order valence-electron chi connectivity index (χ4n) is 1.58. The lowest BCUT2D eigenvalue weighted by Crippen LogP contribution is -2.31. The summed E-state index contributed by atoms with van der Waals surface area (Å²) in [5.41, 5.74) is 0.951. The van der Waals surface area contributed by atoms with E-state index in [1.165, 1.54) is 0 Å². The normalized spacial score (nSPS) is 12.2. The van der Waals surface area contributed by atoms with Crippen molar-refractivity contribution in [1.82, 2.24) is 15.0 Å². The van der Waals surface area contributed by atoms with Gasteiger partial charge in [0.15, 0.2) is 0 Å². The van der Waals surface area contributed by atoms with Crippen LogP contribution < -0.4 is 10.0 Å². The molecule has 0 aromatic carbocycles. The van der Waals surface area contributed by atoms with Gasteiger partial charge < -0.3 is 5.32 Å². The number of hydrogen-bond donors (Lipinski definition) is 2. The summed E-state index contributed by atoms with van der Waals surface area (Å²) in [5.74, 6) is 0.169. The predicted molar refractivity (Wildman–Crippen MR) is 80.1 cm³/mol. The molecule has 0 amide bonds. The first-order valence-electron chi connectivity index (χ1n) is 6.51. The highest BCUT2D eigenvalue weighted by molar-refractivity contribution is 7.89. The molecule has 0 atom stereocenters. The van der Waals surface area contributed by atoms with E-state index < -0.39 is 10.0 Å². The molecule has 0 spiro atoms. The maximum absolute atomic E-state index is 11.7. The van der Waals surface area contributed by atoms with Gasteiger partial charge in [-0.2, -0.15) is 0 Å². The van der Waals surface area contributed by atoms with Crippen LogP contribution in [0.15, 0.2) is 5.38 Å². The van der Waals surface area contributed by atoms with Crippen molar-refractivity contribution in [3.63, 3.8) is 0 Å². The summed E-state index contributed by atoms with van der Waals surface area (Å²) in [6.45, 7) is 7.18. The molecule has 0 aliphatic rings. The van der Waals surface area contributed by atoms with Crippen LogP contribution in [0.3, 0.4) is 0 Å². The van der Waals surface area contributed by atoms with Gasteiger partial charge in [0.1, 0.15) is 0 Å². The smallest absolute Gasteiger partial charge is 0.211 e. The molecule has 1 heterocycles. The molecule has 0 aliphatic carbocycles. The molecular weight excluding hydrogens is 282 g/mol.